The molecule has 0 radical (unpaired) electrons. The molecule has 3 aromatic rings. The van der Waals surface area contributed by atoms with Gasteiger partial charge in [0.25, 0.3) is 5.79 Å². The highest BCUT2D eigenvalue weighted by Gasteiger charge is 2.40. The van der Waals surface area contributed by atoms with E-state index in [0.717, 1.165) is 22.4 Å². The van der Waals surface area contributed by atoms with Crippen LogP contribution in [-0.4, -0.2) is 12.2 Å². The molecule has 0 bridgehead atoms. The summed E-state index contributed by atoms with van der Waals surface area (Å²) in [5.41, 5.74) is 3.37. The lowest BCUT2D eigenvalue weighted by molar-refractivity contribution is -0.110. The van der Waals surface area contributed by atoms with E-state index in [1.165, 1.54) is 0 Å². The van der Waals surface area contributed by atoms with Gasteiger partial charge in [-0.2, -0.15) is 0 Å². The minimum absolute atomic E-state index is 0.667. The summed E-state index contributed by atoms with van der Waals surface area (Å²) >= 11 is 0. The molecule has 3 heteroatoms. The maximum atomic E-state index is 11.3. The average Bonchev–Trinajstić information content (AvgIpc) is 2.62. The molecule has 0 saturated heterocycles. The maximum Gasteiger partial charge on any atom is 0.262 e. The Morgan fingerprint density at radius 1 is 0.826 bits per heavy atom. The third-order valence-corrected chi connectivity index (χ3v) is 4.21. The molecule has 0 fully saturated rings. The Hall–Kier alpha value is -2.78. The van der Waals surface area contributed by atoms with Crippen molar-refractivity contribution in [2.45, 2.75) is 5.79 Å². The Morgan fingerprint density at radius 3 is 2.22 bits per heavy atom. The number of hydrogen-bond donors (Lipinski definition) is 1. The zero-order valence-electron chi connectivity index (χ0n) is 12.7. The second-order valence-corrected chi connectivity index (χ2v) is 5.52. The molecule has 1 heterocycles. The van der Waals surface area contributed by atoms with Gasteiger partial charge in [-0.05, 0) is 35.9 Å². The summed E-state index contributed by atoms with van der Waals surface area (Å²) in [5.74, 6) is -0.108. The largest absolute Gasteiger partial charge is 0.497 e. The van der Waals surface area contributed by atoms with Gasteiger partial charge in [0.1, 0.15) is 11.5 Å². The van der Waals surface area contributed by atoms with Crippen LogP contribution in [0.25, 0.3) is 11.1 Å². The zero-order chi connectivity index (χ0) is 15.9. The highest BCUT2D eigenvalue weighted by molar-refractivity contribution is 5.77. The SMILES string of the molecule is COc1ccc(C2(O)Oc3ccccc3-c3ccccc32)cc1. The van der Waals surface area contributed by atoms with Gasteiger partial charge in [0, 0.05) is 16.7 Å². The van der Waals surface area contributed by atoms with Gasteiger partial charge in [-0.1, -0.05) is 42.5 Å². The minimum Gasteiger partial charge on any atom is -0.497 e. The van der Waals surface area contributed by atoms with Crippen LogP contribution in [0.2, 0.25) is 0 Å². The predicted octanol–water partition coefficient (Wildman–Crippen LogP) is 3.95. The summed E-state index contributed by atoms with van der Waals surface area (Å²) in [6, 6.07) is 22.8. The van der Waals surface area contributed by atoms with Gasteiger partial charge in [-0.3, -0.25) is 0 Å². The summed E-state index contributed by atoms with van der Waals surface area (Å²) in [6.45, 7) is 0. The van der Waals surface area contributed by atoms with E-state index in [1.807, 2.05) is 72.8 Å². The van der Waals surface area contributed by atoms with Crippen molar-refractivity contribution in [3.63, 3.8) is 0 Å². The standard InChI is InChI=1S/C20H16O3/c1-22-15-12-10-14(11-13-15)20(21)18-8-4-2-6-16(18)17-7-3-5-9-19(17)23-20/h2-13,21H,1H3. The number of fused-ring (bicyclic) bond motifs is 3. The van der Waals surface area contributed by atoms with Crippen LogP contribution in [0.1, 0.15) is 11.1 Å². The van der Waals surface area contributed by atoms with Crippen LogP contribution in [0.5, 0.6) is 11.5 Å². The molecule has 1 N–H and O–H groups in total. The van der Waals surface area contributed by atoms with Crippen molar-refractivity contribution < 1.29 is 14.6 Å². The Balaban J connectivity index is 1.92. The van der Waals surface area contributed by atoms with Crippen molar-refractivity contribution in [3.05, 3.63) is 83.9 Å². The first-order valence-electron chi connectivity index (χ1n) is 7.47. The fraction of sp³-hybridized carbons (Fsp3) is 0.100. The van der Waals surface area contributed by atoms with Gasteiger partial charge < -0.3 is 14.6 Å². The second-order valence-electron chi connectivity index (χ2n) is 5.52. The van der Waals surface area contributed by atoms with Crippen molar-refractivity contribution >= 4 is 0 Å². The van der Waals surface area contributed by atoms with Crippen molar-refractivity contribution in [1.82, 2.24) is 0 Å². The maximum absolute atomic E-state index is 11.3. The van der Waals surface area contributed by atoms with E-state index in [0.29, 0.717) is 11.3 Å². The number of hydrogen-bond acceptors (Lipinski definition) is 3. The molecule has 1 atom stereocenters. The van der Waals surface area contributed by atoms with Crippen LogP contribution in [0, 0.1) is 0 Å². The molecule has 0 aliphatic carbocycles. The summed E-state index contributed by atoms with van der Waals surface area (Å²) in [4.78, 5) is 0. The Bertz CT molecular complexity index is 855. The lowest BCUT2D eigenvalue weighted by Crippen LogP contribution is -2.37. The molecule has 0 aromatic heterocycles. The summed E-state index contributed by atoms with van der Waals surface area (Å²) in [5, 5.41) is 11.3. The van der Waals surface area contributed by atoms with E-state index in [1.54, 1.807) is 7.11 Å². The smallest absolute Gasteiger partial charge is 0.262 e. The van der Waals surface area contributed by atoms with Crippen molar-refractivity contribution in [2.24, 2.45) is 0 Å². The molecule has 1 unspecified atom stereocenters. The minimum atomic E-state index is -1.52. The van der Waals surface area contributed by atoms with Gasteiger partial charge in [0.15, 0.2) is 0 Å². The number of rotatable bonds is 2. The molecule has 3 nitrogen and oxygen atoms in total. The van der Waals surface area contributed by atoms with E-state index in [2.05, 4.69) is 0 Å². The number of benzene rings is 3. The van der Waals surface area contributed by atoms with Crippen molar-refractivity contribution in [2.75, 3.05) is 7.11 Å². The molecule has 4 rings (SSSR count). The van der Waals surface area contributed by atoms with Crippen LogP contribution < -0.4 is 9.47 Å². The Morgan fingerprint density at radius 2 is 1.48 bits per heavy atom. The van der Waals surface area contributed by atoms with E-state index < -0.39 is 5.79 Å². The van der Waals surface area contributed by atoms with E-state index in [9.17, 15) is 5.11 Å². The van der Waals surface area contributed by atoms with Crippen molar-refractivity contribution in [1.29, 1.82) is 0 Å². The molecule has 23 heavy (non-hydrogen) atoms. The lowest BCUT2D eigenvalue weighted by atomic mass is 9.87. The molecule has 0 spiro atoms. The second kappa shape index (κ2) is 5.14. The van der Waals surface area contributed by atoms with Crippen LogP contribution in [0.4, 0.5) is 0 Å². The third-order valence-electron chi connectivity index (χ3n) is 4.21. The molecule has 1 aliphatic rings. The molecular weight excluding hydrogens is 288 g/mol. The molecule has 114 valence electrons. The van der Waals surface area contributed by atoms with Gasteiger partial charge >= 0.3 is 0 Å². The quantitative estimate of drug-likeness (QED) is 0.779. The van der Waals surface area contributed by atoms with Crippen LogP contribution in [0.3, 0.4) is 0 Å². The topological polar surface area (TPSA) is 38.7 Å². The lowest BCUT2D eigenvalue weighted by Gasteiger charge is -2.36. The van der Waals surface area contributed by atoms with E-state index in [-0.39, 0.29) is 0 Å². The van der Waals surface area contributed by atoms with Gasteiger partial charge in [-0.15, -0.1) is 0 Å². The van der Waals surface area contributed by atoms with E-state index >= 15 is 0 Å². The number of methoxy groups -OCH3 is 1. The van der Waals surface area contributed by atoms with Gasteiger partial charge in [-0.25, -0.2) is 0 Å². The normalized spacial score (nSPS) is 18.5. The molecule has 0 amide bonds. The fourth-order valence-corrected chi connectivity index (χ4v) is 3.04. The average molecular weight is 304 g/mol. The molecule has 0 saturated carbocycles. The van der Waals surface area contributed by atoms with Crippen LogP contribution in [0.15, 0.2) is 72.8 Å². The predicted molar refractivity (Wildman–Crippen MR) is 88.5 cm³/mol. The zero-order valence-corrected chi connectivity index (χ0v) is 12.7. The number of ether oxygens (including phenoxy) is 2. The van der Waals surface area contributed by atoms with Crippen LogP contribution in [-0.2, 0) is 5.79 Å². The first-order chi connectivity index (χ1) is 11.2. The third kappa shape index (κ3) is 2.09. The number of para-hydroxylation sites is 1. The van der Waals surface area contributed by atoms with Gasteiger partial charge in [0.05, 0.1) is 7.11 Å². The monoisotopic (exact) mass is 304 g/mol. The van der Waals surface area contributed by atoms with Crippen molar-refractivity contribution in [3.8, 4) is 22.6 Å². The van der Waals surface area contributed by atoms with E-state index in [4.69, 9.17) is 9.47 Å². The van der Waals surface area contributed by atoms with Gasteiger partial charge in [0.2, 0.25) is 0 Å². The van der Waals surface area contributed by atoms with Crippen LogP contribution >= 0.6 is 0 Å². The first-order valence-corrected chi connectivity index (χ1v) is 7.47. The summed E-state index contributed by atoms with van der Waals surface area (Å²) in [7, 11) is 1.62. The Kier molecular flexibility index (Phi) is 3.10. The highest BCUT2D eigenvalue weighted by Crippen LogP contribution is 2.46. The molecule has 3 aromatic carbocycles. The fourth-order valence-electron chi connectivity index (χ4n) is 3.04. The summed E-state index contributed by atoms with van der Waals surface area (Å²) in [6.07, 6.45) is 0. The number of aliphatic hydroxyl groups is 1. The summed E-state index contributed by atoms with van der Waals surface area (Å²) < 4.78 is 11.2. The first kappa shape index (κ1) is 13.9. The molecular formula is C20H16O3. The Labute approximate surface area is 134 Å². The highest BCUT2D eigenvalue weighted by atomic mass is 16.6. The molecule has 1 aliphatic heterocycles.